The number of hydrogen-bond donors (Lipinski definition) is 1. The van der Waals surface area contributed by atoms with E-state index in [9.17, 15) is 4.79 Å². The molecule has 0 unspecified atom stereocenters. The van der Waals surface area contributed by atoms with Crippen LogP contribution < -0.4 is 15.0 Å². The Labute approximate surface area is 208 Å². The van der Waals surface area contributed by atoms with Crippen LogP contribution in [0.2, 0.25) is 0 Å². The van der Waals surface area contributed by atoms with Gasteiger partial charge in [0.2, 0.25) is 0 Å². The molecule has 3 aromatic rings. The van der Waals surface area contributed by atoms with E-state index < -0.39 is 0 Å². The van der Waals surface area contributed by atoms with Gasteiger partial charge in [-0.05, 0) is 56.7 Å². The normalized spacial score (nSPS) is 13.6. The fraction of sp³-hybridized carbons (Fsp3) is 0.393. The highest BCUT2D eigenvalue weighted by Crippen LogP contribution is 2.22. The third kappa shape index (κ3) is 6.72. The Balaban J connectivity index is 1.33. The van der Waals surface area contributed by atoms with Crippen molar-refractivity contribution in [3.63, 3.8) is 0 Å². The molecule has 0 saturated carbocycles. The van der Waals surface area contributed by atoms with Crippen LogP contribution in [0.4, 0.5) is 17.3 Å². The first-order chi connectivity index (χ1) is 17.0. The summed E-state index contributed by atoms with van der Waals surface area (Å²) in [5.41, 5.74) is 2.91. The van der Waals surface area contributed by atoms with E-state index in [1.807, 2.05) is 54.3 Å². The van der Waals surface area contributed by atoms with Crippen molar-refractivity contribution in [2.75, 3.05) is 43.0 Å². The number of piperazine rings is 1. The minimum atomic E-state index is 0.0581. The zero-order valence-corrected chi connectivity index (χ0v) is 21.0. The van der Waals surface area contributed by atoms with Gasteiger partial charge in [0.15, 0.2) is 0 Å². The Bertz CT molecular complexity index is 1110. The first-order valence-electron chi connectivity index (χ1n) is 12.5. The summed E-state index contributed by atoms with van der Waals surface area (Å²) in [6.45, 7) is 9.62. The largest absolute Gasteiger partial charge is 0.494 e. The van der Waals surface area contributed by atoms with Crippen LogP contribution in [0.1, 0.15) is 47.9 Å². The molecule has 1 fully saturated rings. The molecule has 7 nitrogen and oxygen atoms in total. The van der Waals surface area contributed by atoms with E-state index in [0.717, 1.165) is 42.6 Å². The summed E-state index contributed by atoms with van der Waals surface area (Å²) in [6, 6.07) is 17.7. The summed E-state index contributed by atoms with van der Waals surface area (Å²) >= 11 is 0. The number of carbonyl (C=O) groups is 1. The van der Waals surface area contributed by atoms with Gasteiger partial charge in [0, 0.05) is 43.5 Å². The summed E-state index contributed by atoms with van der Waals surface area (Å²) in [7, 11) is 0. The lowest BCUT2D eigenvalue weighted by molar-refractivity contribution is 0.0746. The van der Waals surface area contributed by atoms with E-state index >= 15 is 0 Å². The number of rotatable bonds is 9. The smallest absolute Gasteiger partial charge is 0.253 e. The fourth-order valence-corrected chi connectivity index (χ4v) is 4.12. The summed E-state index contributed by atoms with van der Waals surface area (Å²) in [6.07, 6.45) is 3.39. The van der Waals surface area contributed by atoms with Gasteiger partial charge >= 0.3 is 0 Å². The Hall–Kier alpha value is -3.61. The zero-order valence-electron chi connectivity index (χ0n) is 21.0. The van der Waals surface area contributed by atoms with Crippen molar-refractivity contribution >= 4 is 23.2 Å². The van der Waals surface area contributed by atoms with E-state index in [1.54, 1.807) is 0 Å². The maximum absolute atomic E-state index is 13.0. The van der Waals surface area contributed by atoms with Gasteiger partial charge in [-0.3, -0.25) is 4.79 Å². The minimum absolute atomic E-state index is 0.0581. The van der Waals surface area contributed by atoms with E-state index in [1.165, 1.54) is 18.4 Å². The molecule has 0 bridgehead atoms. The van der Waals surface area contributed by atoms with Gasteiger partial charge in [-0.2, -0.15) is 0 Å². The number of carbonyl (C=O) groups excluding carboxylic acids is 1. The maximum Gasteiger partial charge on any atom is 0.253 e. The lowest BCUT2D eigenvalue weighted by Gasteiger charge is -2.35. The van der Waals surface area contributed by atoms with Gasteiger partial charge in [0.05, 0.1) is 6.61 Å². The molecule has 0 spiro atoms. The average Bonchev–Trinajstić information content (AvgIpc) is 2.88. The molecule has 0 atom stereocenters. The topological polar surface area (TPSA) is 70.6 Å². The first-order valence-corrected chi connectivity index (χ1v) is 12.5. The van der Waals surface area contributed by atoms with Gasteiger partial charge < -0.3 is 19.9 Å². The van der Waals surface area contributed by atoms with Crippen molar-refractivity contribution in [1.82, 2.24) is 14.9 Å². The molecular weight excluding hydrogens is 438 g/mol. The van der Waals surface area contributed by atoms with Crippen molar-refractivity contribution in [3.05, 3.63) is 71.5 Å². The van der Waals surface area contributed by atoms with Crippen LogP contribution in [0, 0.1) is 13.8 Å². The van der Waals surface area contributed by atoms with E-state index in [2.05, 4.69) is 46.2 Å². The molecule has 1 aliphatic heterocycles. The van der Waals surface area contributed by atoms with Crippen LogP contribution in [0.15, 0.2) is 54.6 Å². The van der Waals surface area contributed by atoms with Crippen LogP contribution in [-0.4, -0.2) is 53.6 Å². The van der Waals surface area contributed by atoms with Gasteiger partial charge in [-0.25, -0.2) is 9.97 Å². The molecule has 184 valence electrons. The number of nitrogens with one attached hydrogen (secondary N) is 1. The predicted molar refractivity (Wildman–Crippen MR) is 141 cm³/mol. The number of aromatic nitrogens is 2. The van der Waals surface area contributed by atoms with E-state index in [4.69, 9.17) is 4.74 Å². The molecule has 1 aliphatic rings. The minimum Gasteiger partial charge on any atom is -0.494 e. The van der Waals surface area contributed by atoms with Crippen LogP contribution in [0.5, 0.6) is 5.75 Å². The second kappa shape index (κ2) is 11.7. The highest BCUT2D eigenvalue weighted by atomic mass is 16.5. The van der Waals surface area contributed by atoms with Gasteiger partial charge in [0.1, 0.15) is 23.2 Å². The molecule has 1 saturated heterocycles. The van der Waals surface area contributed by atoms with Gasteiger partial charge in [-0.1, -0.05) is 37.5 Å². The predicted octanol–water partition coefficient (Wildman–Crippen LogP) is 5.37. The second-order valence-electron chi connectivity index (χ2n) is 9.01. The van der Waals surface area contributed by atoms with Crippen LogP contribution >= 0.6 is 0 Å². The Kier molecular flexibility index (Phi) is 8.19. The highest BCUT2D eigenvalue weighted by molar-refractivity contribution is 5.94. The number of ether oxygens (including phenoxy) is 1. The summed E-state index contributed by atoms with van der Waals surface area (Å²) in [5.74, 6) is 3.24. The van der Waals surface area contributed by atoms with E-state index in [0.29, 0.717) is 31.1 Å². The van der Waals surface area contributed by atoms with Crippen LogP contribution in [0.25, 0.3) is 0 Å². The molecule has 7 heteroatoms. The molecule has 2 aromatic carbocycles. The average molecular weight is 474 g/mol. The van der Waals surface area contributed by atoms with Gasteiger partial charge in [-0.15, -0.1) is 0 Å². The molecular formula is C28H35N5O2. The Morgan fingerprint density at radius 1 is 0.943 bits per heavy atom. The second-order valence-corrected chi connectivity index (χ2v) is 9.01. The zero-order chi connectivity index (χ0) is 24.6. The summed E-state index contributed by atoms with van der Waals surface area (Å²) in [4.78, 5) is 26.3. The molecule has 0 radical (unpaired) electrons. The third-order valence-corrected chi connectivity index (χ3v) is 6.16. The Morgan fingerprint density at radius 2 is 1.66 bits per heavy atom. The molecule has 35 heavy (non-hydrogen) atoms. The maximum atomic E-state index is 13.0. The quantitative estimate of drug-likeness (QED) is 0.422. The number of anilines is 3. The highest BCUT2D eigenvalue weighted by Gasteiger charge is 2.23. The SMILES string of the molecule is CCCCCOc1ccc(C(=O)N2CCN(c3cc(Nc4ccc(C)cc4)nc(C)n3)CC2)cc1. The van der Waals surface area contributed by atoms with Crippen molar-refractivity contribution in [1.29, 1.82) is 0 Å². The lowest BCUT2D eigenvalue weighted by Crippen LogP contribution is -2.49. The first kappa shape index (κ1) is 24.5. The summed E-state index contributed by atoms with van der Waals surface area (Å²) in [5, 5.41) is 3.37. The number of benzene rings is 2. The molecule has 2 heterocycles. The number of hydrogen-bond acceptors (Lipinski definition) is 6. The standard InChI is InChI=1S/C28H35N5O2/c1-4-5-6-19-35-25-13-9-23(10-14-25)28(34)33-17-15-32(16-18-33)27-20-26(29-22(3)30-27)31-24-11-7-21(2)8-12-24/h7-14,20H,4-6,15-19H2,1-3H3,(H,29,30,31). The summed E-state index contributed by atoms with van der Waals surface area (Å²) < 4.78 is 5.76. The third-order valence-electron chi connectivity index (χ3n) is 6.16. The van der Waals surface area contributed by atoms with Gasteiger partial charge in [0.25, 0.3) is 5.91 Å². The number of unbranched alkanes of at least 4 members (excludes halogenated alkanes) is 2. The van der Waals surface area contributed by atoms with Crippen LogP contribution in [-0.2, 0) is 0 Å². The monoisotopic (exact) mass is 473 g/mol. The van der Waals surface area contributed by atoms with Crippen molar-refractivity contribution in [2.45, 2.75) is 40.0 Å². The molecule has 1 amide bonds. The number of amides is 1. The molecule has 4 rings (SSSR count). The Morgan fingerprint density at radius 3 is 2.34 bits per heavy atom. The molecule has 0 aliphatic carbocycles. The van der Waals surface area contributed by atoms with Crippen LogP contribution in [0.3, 0.4) is 0 Å². The van der Waals surface area contributed by atoms with Crippen molar-refractivity contribution in [2.24, 2.45) is 0 Å². The number of aryl methyl sites for hydroxylation is 2. The molecule has 1 N–H and O–H groups in total. The number of nitrogens with zero attached hydrogens (tertiary/aromatic N) is 4. The lowest BCUT2D eigenvalue weighted by atomic mass is 10.1. The molecule has 1 aromatic heterocycles. The van der Waals surface area contributed by atoms with Crippen molar-refractivity contribution in [3.8, 4) is 5.75 Å². The van der Waals surface area contributed by atoms with E-state index in [-0.39, 0.29) is 5.91 Å². The van der Waals surface area contributed by atoms with Crippen molar-refractivity contribution < 1.29 is 9.53 Å². The fourth-order valence-electron chi connectivity index (χ4n) is 4.12.